The second-order valence-corrected chi connectivity index (χ2v) is 10.7. The Hall–Kier alpha value is -2.00. The molecule has 0 aliphatic carbocycles. The van der Waals surface area contributed by atoms with Crippen molar-refractivity contribution in [2.24, 2.45) is 0 Å². The van der Waals surface area contributed by atoms with Crippen molar-refractivity contribution in [3.8, 4) is 11.1 Å². The lowest BCUT2D eigenvalue weighted by Gasteiger charge is -2.32. The van der Waals surface area contributed by atoms with Crippen molar-refractivity contribution in [3.05, 3.63) is 53.1 Å². The van der Waals surface area contributed by atoms with Crippen molar-refractivity contribution in [3.63, 3.8) is 0 Å². The van der Waals surface area contributed by atoms with Gasteiger partial charge in [0.05, 0.1) is 11.1 Å². The van der Waals surface area contributed by atoms with Crippen LogP contribution in [0.2, 0.25) is 5.02 Å². The quantitative estimate of drug-likeness (QED) is 0.596. The second kappa shape index (κ2) is 8.86. The molecule has 4 rings (SSSR count). The van der Waals surface area contributed by atoms with Gasteiger partial charge in [-0.05, 0) is 61.7 Å². The summed E-state index contributed by atoms with van der Waals surface area (Å²) in [6.07, 6.45) is 4.40. The number of benzene rings is 1. The van der Waals surface area contributed by atoms with Gasteiger partial charge in [0.1, 0.15) is 5.65 Å². The van der Waals surface area contributed by atoms with Crippen molar-refractivity contribution in [1.29, 1.82) is 0 Å². The van der Waals surface area contributed by atoms with Crippen LogP contribution >= 0.6 is 11.6 Å². The molecule has 0 atom stereocenters. The number of nitrogens with one attached hydrogen (secondary N) is 1. The lowest BCUT2D eigenvalue weighted by atomic mass is 9.89. The normalized spacial score (nSPS) is 16.4. The third-order valence-electron chi connectivity index (χ3n) is 5.92. The average Bonchev–Trinajstić information content (AvgIpc) is 3.13. The van der Waals surface area contributed by atoms with Crippen LogP contribution in [0.25, 0.3) is 22.2 Å². The van der Waals surface area contributed by atoms with Crippen LogP contribution in [0, 0.1) is 5.82 Å². The number of rotatable bonds is 6. The Morgan fingerprint density at radius 3 is 2.68 bits per heavy atom. The second-order valence-electron chi connectivity index (χ2n) is 8.25. The fourth-order valence-electron chi connectivity index (χ4n) is 4.16. The molecule has 166 valence electrons. The first-order valence-electron chi connectivity index (χ1n) is 10.3. The number of H-pyrrole nitrogens is 1. The Labute approximate surface area is 187 Å². The molecule has 1 aromatic carbocycles. The molecule has 1 N–H and O–H groups in total. The molecule has 1 saturated heterocycles. The third-order valence-corrected chi connectivity index (χ3v) is 8.10. The summed E-state index contributed by atoms with van der Waals surface area (Å²) in [6, 6.07) is 7.57. The molecule has 0 amide bonds. The SMILES string of the molecule is CN(C)CCS(=O)(=O)N1CCC(c2ccc(-c3ccnc4[nH]cc(F)c34)cc2Cl)CC1. The Morgan fingerprint density at radius 2 is 2.00 bits per heavy atom. The predicted octanol–water partition coefficient (Wildman–Crippen LogP) is 4.09. The first-order chi connectivity index (χ1) is 14.8. The van der Waals surface area contributed by atoms with Crippen molar-refractivity contribution in [2.45, 2.75) is 18.8 Å². The molecule has 1 fully saturated rings. The van der Waals surface area contributed by atoms with Gasteiger partial charge in [0, 0.05) is 37.1 Å². The highest BCUT2D eigenvalue weighted by molar-refractivity contribution is 7.89. The molecule has 0 bridgehead atoms. The van der Waals surface area contributed by atoms with Gasteiger partial charge in [0.2, 0.25) is 10.0 Å². The number of piperidine rings is 1. The molecule has 3 heterocycles. The van der Waals surface area contributed by atoms with E-state index in [-0.39, 0.29) is 17.5 Å². The minimum Gasteiger partial charge on any atom is -0.343 e. The Balaban J connectivity index is 1.50. The number of nitrogens with zero attached hydrogens (tertiary/aromatic N) is 3. The lowest BCUT2D eigenvalue weighted by molar-refractivity contribution is 0.317. The van der Waals surface area contributed by atoms with Crippen LogP contribution in [0.3, 0.4) is 0 Å². The van der Waals surface area contributed by atoms with E-state index in [1.807, 2.05) is 37.2 Å². The van der Waals surface area contributed by atoms with Gasteiger partial charge in [-0.2, -0.15) is 0 Å². The molecule has 0 saturated carbocycles. The van der Waals surface area contributed by atoms with Gasteiger partial charge in [-0.25, -0.2) is 22.1 Å². The van der Waals surface area contributed by atoms with Gasteiger partial charge in [0.15, 0.2) is 5.82 Å². The minimum atomic E-state index is -3.24. The van der Waals surface area contributed by atoms with Crippen molar-refractivity contribution in [1.82, 2.24) is 19.2 Å². The monoisotopic (exact) mass is 464 g/mol. The fourth-order valence-corrected chi connectivity index (χ4v) is 6.11. The summed E-state index contributed by atoms with van der Waals surface area (Å²) in [5, 5.41) is 1.06. The largest absolute Gasteiger partial charge is 0.343 e. The first kappa shape index (κ1) is 22.2. The van der Waals surface area contributed by atoms with Crippen LogP contribution in [0.4, 0.5) is 4.39 Å². The molecule has 0 unspecified atom stereocenters. The van der Waals surface area contributed by atoms with E-state index in [0.29, 0.717) is 35.7 Å². The third kappa shape index (κ3) is 4.62. The van der Waals surface area contributed by atoms with Gasteiger partial charge in [-0.15, -0.1) is 0 Å². The van der Waals surface area contributed by atoms with E-state index in [2.05, 4.69) is 9.97 Å². The Kier molecular flexibility index (Phi) is 6.35. The van der Waals surface area contributed by atoms with Crippen molar-refractivity contribution in [2.75, 3.05) is 39.5 Å². The molecular formula is C22H26ClFN4O2S. The summed E-state index contributed by atoms with van der Waals surface area (Å²) < 4.78 is 40.9. The summed E-state index contributed by atoms with van der Waals surface area (Å²) in [5.74, 6) is -0.0135. The van der Waals surface area contributed by atoms with Crippen LogP contribution in [-0.2, 0) is 10.0 Å². The molecule has 0 spiro atoms. The Morgan fingerprint density at radius 1 is 1.26 bits per heavy atom. The van der Waals surface area contributed by atoms with E-state index in [1.165, 1.54) is 6.20 Å². The van der Waals surface area contributed by atoms with Crippen LogP contribution in [0.15, 0.2) is 36.7 Å². The number of sulfonamides is 1. The number of aromatic nitrogens is 2. The zero-order chi connectivity index (χ0) is 22.2. The van der Waals surface area contributed by atoms with E-state index in [0.717, 1.165) is 29.5 Å². The van der Waals surface area contributed by atoms with Crippen LogP contribution in [0.5, 0.6) is 0 Å². The zero-order valence-corrected chi connectivity index (χ0v) is 19.2. The topological polar surface area (TPSA) is 69.3 Å². The fraction of sp³-hybridized carbons (Fsp3) is 0.409. The van der Waals surface area contributed by atoms with Gasteiger partial charge in [-0.1, -0.05) is 23.7 Å². The molecule has 3 aromatic rings. The average molecular weight is 465 g/mol. The summed E-state index contributed by atoms with van der Waals surface area (Å²) in [7, 11) is 0.498. The molecule has 6 nitrogen and oxygen atoms in total. The van der Waals surface area contributed by atoms with Gasteiger partial charge < -0.3 is 9.88 Å². The smallest absolute Gasteiger partial charge is 0.215 e. The number of pyridine rings is 1. The summed E-state index contributed by atoms with van der Waals surface area (Å²) in [5.41, 5.74) is 3.07. The molecule has 1 aliphatic heterocycles. The Bertz CT molecular complexity index is 1190. The molecule has 1 aliphatic rings. The van der Waals surface area contributed by atoms with Gasteiger partial charge in [-0.3, -0.25) is 0 Å². The van der Waals surface area contributed by atoms with Gasteiger partial charge >= 0.3 is 0 Å². The molecule has 31 heavy (non-hydrogen) atoms. The zero-order valence-electron chi connectivity index (χ0n) is 17.6. The van der Waals surface area contributed by atoms with Crippen molar-refractivity contribution >= 4 is 32.7 Å². The van der Waals surface area contributed by atoms with Crippen LogP contribution in [0.1, 0.15) is 24.3 Å². The highest BCUT2D eigenvalue weighted by atomic mass is 35.5. The maximum atomic E-state index is 14.2. The van der Waals surface area contributed by atoms with E-state index >= 15 is 0 Å². The first-order valence-corrected chi connectivity index (χ1v) is 12.3. The van der Waals surface area contributed by atoms with Crippen LogP contribution < -0.4 is 0 Å². The van der Waals surface area contributed by atoms with E-state index < -0.39 is 10.0 Å². The summed E-state index contributed by atoms with van der Waals surface area (Å²) >= 11 is 6.63. The number of fused-ring (bicyclic) bond motifs is 1. The molecule has 0 radical (unpaired) electrons. The highest BCUT2D eigenvalue weighted by Crippen LogP contribution is 2.37. The molecular weight excluding hydrogens is 439 g/mol. The summed E-state index contributed by atoms with van der Waals surface area (Å²) in [4.78, 5) is 8.87. The maximum Gasteiger partial charge on any atom is 0.215 e. The van der Waals surface area contributed by atoms with E-state index in [1.54, 1.807) is 16.6 Å². The van der Waals surface area contributed by atoms with E-state index in [9.17, 15) is 12.8 Å². The van der Waals surface area contributed by atoms with E-state index in [4.69, 9.17) is 11.6 Å². The number of aromatic amines is 1. The molecule has 9 heteroatoms. The minimum absolute atomic E-state index is 0.135. The van der Waals surface area contributed by atoms with Crippen LogP contribution in [-0.4, -0.2) is 67.1 Å². The standard InChI is InChI=1S/C22H26ClFN4O2S/c1-27(2)11-12-31(29,30)28-9-6-15(7-10-28)17-4-3-16(13-19(17)23)18-5-8-25-22-21(18)20(24)14-26-22/h3-5,8,13-15H,6-7,9-12H2,1-2H3,(H,25,26). The highest BCUT2D eigenvalue weighted by Gasteiger charge is 2.29. The predicted molar refractivity (Wildman–Crippen MR) is 122 cm³/mol. The molecule has 2 aromatic heterocycles. The van der Waals surface area contributed by atoms with Gasteiger partial charge in [0.25, 0.3) is 0 Å². The number of hydrogen-bond donors (Lipinski definition) is 1. The van der Waals surface area contributed by atoms with Crippen molar-refractivity contribution < 1.29 is 12.8 Å². The summed E-state index contributed by atoms with van der Waals surface area (Å²) in [6.45, 7) is 1.51. The number of hydrogen-bond acceptors (Lipinski definition) is 4. The lowest BCUT2D eigenvalue weighted by Crippen LogP contribution is -2.41. The maximum absolute atomic E-state index is 14.2. The number of halogens is 2.